The average molecular weight is 245 g/mol. The van der Waals surface area contributed by atoms with Gasteiger partial charge in [0.2, 0.25) is 0 Å². The van der Waals surface area contributed by atoms with E-state index in [0.717, 1.165) is 32.5 Å². The Kier molecular flexibility index (Phi) is 2.63. The molecule has 0 bridgehead atoms. The molecule has 1 amide bonds. The highest BCUT2D eigenvalue weighted by molar-refractivity contribution is 5.95. The molecule has 1 aromatic heterocycles. The van der Waals surface area contributed by atoms with Crippen LogP contribution in [0.15, 0.2) is 18.3 Å². The number of piperidine rings is 1. The molecule has 0 aromatic carbocycles. The summed E-state index contributed by atoms with van der Waals surface area (Å²) < 4.78 is 0. The highest BCUT2D eigenvalue weighted by Gasteiger charge is 2.43. The van der Waals surface area contributed by atoms with Gasteiger partial charge in [-0.15, -0.1) is 0 Å². The van der Waals surface area contributed by atoms with Gasteiger partial charge in [0.05, 0.1) is 0 Å². The lowest BCUT2D eigenvalue weighted by Crippen LogP contribution is -2.52. The fourth-order valence-electron chi connectivity index (χ4n) is 3.27. The highest BCUT2D eigenvalue weighted by atomic mass is 16.2. The fourth-order valence-corrected chi connectivity index (χ4v) is 3.27. The van der Waals surface area contributed by atoms with E-state index in [0.29, 0.717) is 5.69 Å². The Bertz CT molecular complexity index is 478. The molecule has 2 aliphatic heterocycles. The van der Waals surface area contributed by atoms with Gasteiger partial charge >= 0.3 is 0 Å². The van der Waals surface area contributed by atoms with Crippen molar-refractivity contribution in [1.29, 1.82) is 0 Å². The van der Waals surface area contributed by atoms with Gasteiger partial charge in [0.15, 0.2) is 0 Å². The zero-order chi connectivity index (χ0) is 12.8. The summed E-state index contributed by atoms with van der Waals surface area (Å²) in [5.41, 5.74) is 1.95. The van der Waals surface area contributed by atoms with Crippen molar-refractivity contribution in [3.8, 4) is 0 Å². The lowest BCUT2D eigenvalue weighted by atomic mass is 9.70. The maximum atomic E-state index is 12.2. The first-order valence-corrected chi connectivity index (χ1v) is 6.52. The molecule has 4 heteroatoms. The van der Waals surface area contributed by atoms with E-state index in [-0.39, 0.29) is 11.3 Å². The SMILES string of the molecule is CN1CCC2(CC1)CN(C)C(=O)c1ncccc12. The summed E-state index contributed by atoms with van der Waals surface area (Å²) in [6.45, 7) is 3.02. The molecule has 0 atom stereocenters. The van der Waals surface area contributed by atoms with Gasteiger partial charge in [-0.05, 0) is 44.6 Å². The number of carbonyl (C=O) groups is 1. The lowest BCUT2D eigenvalue weighted by Gasteiger charge is -2.46. The molecule has 1 fully saturated rings. The van der Waals surface area contributed by atoms with Crippen LogP contribution in [0.1, 0.15) is 28.9 Å². The molecule has 0 N–H and O–H groups in total. The maximum Gasteiger partial charge on any atom is 0.272 e. The van der Waals surface area contributed by atoms with Crippen molar-refractivity contribution in [2.24, 2.45) is 0 Å². The highest BCUT2D eigenvalue weighted by Crippen LogP contribution is 2.40. The second-order valence-electron chi connectivity index (χ2n) is 5.64. The monoisotopic (exact) mass is 245 g/mol. The number of rotatable bonds is 0. The Hall–Kier alpha value is -1.42. The molecule has 0 aliphatic carbocycles. The van der Waals surface area contributed by atoms with Gasteiger partial charge < -0.3 is 9.80 Å². The Labute approximate surface area is 108 Å². The van der Waals surface area contributed by atoms with E-state index < -0.39 is 0 Å². The number of aromatic nitrogens is 1. The first-order valence-electron chi connectivity index (χ1n) is 6.52. The van der Waals surface area contributed by atoms with Crippen molar-refractivity contribution in [3.05, 3.63) is 29.6 Å². The lowest BCUT2D eigenvalue weighted by molar-refractivity contribution is 0.0649. The van der Waals surface area contributed by atoms with E-state index in [4.69, 9.17) is 0 Å². The molecule has 2 aliphatic rings. The minimum atomic E-state index is 0.0650. The zero-order valence-electron chi connectivity index (χ0n) is 11.0. The topological polar surface area (TPSA) is 36.4 Å². The molecular formula is C14H19N3O. The fraction of sp³-hybridized carbons (Fsp3) is 0.571. The van der Waals surface area contributed by atoms with E-state index >= 15 is 0 Å². The molecule has 0 radical (unpaired) electrons. The van der Waals surface area contributed by atoms with E-state index in [2.05, 4.69) is 23.0 Å². The van der Waals surface area contributed by atoms with Crippen LogP contribution in [-0.2, 0) is 5.41 Å². The van der Waals surface area contributed by atoms with E-state index in [9.17, 15) is 4.79 Å². The second-order valence-corrected chi connectivity index (χ2v) is 5.64. The summed E-state index contributed by atoms with van der Waals surface area (Å²) in [6.07, 6.45) is 3.94. The molecule has 1 saturated heterocycles. The Morgan fingerprint density at radius 3 is 2.72 bits per heavy atom. The molecule has 96 valence electrons. The van der Waals surface area contributed by atoms with Crippen LogP contribution in [0, 0.1) is 0 Å². The third kappa shape index (κ3) is 1.63. The van der Waals surface area contributed by atoms with Crippen LogP contribution in [0.2, 0.25) is 0 Å². The predicted molar refractivity (Wildman–Crippen MR) is 69.6 cm³/mol. The normalized spacial score (nSPS) is 23.2. The van der Waals surface area contributed by atoms with Crippen molar-refractivity contribution >= 4 is 5.91 Å². The number of nitrogens with zero attached hydrogens (tertiary/aromatic N) is 3. The zero-order valence-corrected chi connectivity index (χ0v) is 11.0. The van der Waals surface area contributed by atoms with Crippen LogP contribution in [0.25, 0.3) is 0 Å². The minimum Gasteiger partial charge on any atom is -0.339 e. The standard InChI is InChI=1S/C14H19N3O/c1-16-8-5-14(6-9-16)10-17(2)13(18)12-11(14)4-3-7-15-12/h3-4,7H,5-6,8-10H2,1-2H3. The van der Waals surface area contributed by atoms with Crippen molar-refractivity contribution in [3.63, 3.8) is 0 Å². The average Bonchev–Trinajstić information content (AvgIpc) is 2.40. The molecule has 0 unspecified atom stereocenters. The summed E-state index contributed by atoms with van der Waals surface area (Å²) in [7, 11) is 4.05. The summed E-state index contributed by atoms with van der Waals surface area (Å²) in [4.78, 5) is 20.7. The molecule has 1 spiro atoms. The van der Waals surface area contributed by atoms with Crippen LogP contribution < -0.4 is 0 Å². The molecular weight excluding hydrogens is 226 g/mol. The quantitative estimate of drug-likeness (QED) is 0.687. The van der Waals surface area contributed by atoms with Gasteiger partial charge in [-0.1, -0.05) is 6.07 Å². The van der Waals surface area contributed by atoms with E-state index in [1.807, 2.05) is 18.0 Å². The van der Waals surface area contributed by atoms with Gasteiger partial charge in [0.1, 0.15) is 5.69 Å². The van der Waals surface area contributed by atoms with Gasteiger partial charge in [-0.3, -0.25) is 9.78 Å². The van der Waals surface area contributed by atoms with Crippen molar-refractivity contribution in [2.45, 2.75) is 18.3 Å². The Morgan fingerprint density at radius 2 is 2.00 bits per heavy atom. The first-order chi connectivity index (χ1) is 8.62. The first kappa shape index (κ1) is 11.7. The number of likely N-dealkylation sites (tertiary alicyclic amines) is 1. The molecule has 3 heterocycles. The molecule has 4 nitrogen and oxygen atoms in total. The van der Waals surface area contributed by atoms with Crippen LogP contribution in [0.4, 0.5) is 0 Å². The van der Waals surface area contributed by atoms with Crippen LogP contribution >= 0.6 is 0 Å². The molecule has 3 rings (SSSR count). The summed E-state index contributed by atoms with van der Waals surface area (Å²) in [5, 5.41) is 0. The Morgan fingerprint density at radius 1 is 1.28 bits per heavy atom. The summed E-state index contributed by atoms with van der Waals surface area (Å²) in [6, 6.07) is 4.05. The molecule has 0 saturated carbocycles. The van der Waals surface area contributed by atoms with Crippen molar-refractivity contribution in [1.82, 2.24) is 14.8 Å². The molecule has 18 heavy (non-hydrogen) atoms. The minimum absolute atomic E-state index is 0.0650. The smallest absolute Gasteiger partial charge is 0.272 e. The van der Waals surface area contributed by atoms with Crippen LogP contribution in [0.3, 0.4) is 0 Å². The molecule has 1 aromatic rings. The van der Waals surface area contributed by atoms with E-state index in [1.165, 1.54) is 5.56 Å². The maximum absolute atomic E-state index is 12.2. The number of fused-ring (bicyclic) bond motifs is 2. The Balaban J connectivity index is 2.06. The number of pyridine rings is 1. The van der Waals surface area contributed by atoms with Crippen LogP contribution in [0.5, 0.6) is 0 Å². The van der Waals surface area contributed by atoms with E-state index in [1.54, 1.807) is 6.20 Å². The number of hydrogen-bond donors (Lipinski definition) is 0. The number of carbonyl (C=O) groups excluding carboxylic acids is 1. The predicted octanol–water partition coefficient (Wildman–Crippen LogP) is 1.13. The largest absolute Gasteiger partial charge is 0.339 e. The van der Waals surface area contributed by atoms with Gasteiger partial charge in [0, 0.05) is 25.2 Å². The number of hydrogen-bond acceptors (Lipinski definition) is 3. The van der Waals surface area contributed by atoms with Crippen molar-refractivity contribution in [2.75, 3.05) is 33.7 Å². The second kappa shape index (κ2) is 4.05. The number of amides is 1. The van der Waals surface area contributed by atoms with Gasteiger partial charge in [-0.2, -0.15) is 0 Å². The summed E-state index contributed by atoms with van der Waals surface area (Å²) in [5.74, 6) is 0.0650. The third-order valence-electron chi connectivity index (χ3n) is 4.41. The van der Waals surface area contributed by atoms with Gasteiger partial charge in [0.25, 0.3) is 5.91 Å². The third-order valence-corrected chi connectivity index (χ3v) is 4.41. The summed E-state index contributed by atoms with van der Waals surface area (Å²) >= 11 is 0. The van der Waals surface area contributed by atoms with Gasteiger partial charge in [-0.25, -0.2) is 0 Å². The van der Waals surface area contributed by atoms with Crippen LogP contribution in [-0.4, -0.2) is 54.4 Å². The number of likely N-dealkylation sites (N-methyl/N-ethyl adjacent to an activating group) is 1. The van der Waals surface area contributed by atoms with Crippen molar-refractivity contribution < 1.29 is 4.79 Å².